The number of amides is 1. The largest absolute Gasteiger partial charge is 0.478 e. The fourth-order valence-corrected chi connectivity index (χ4v) is 2.80. The maximum absolute atomic E-state index is 11.9. The summed E-state index contributed by atoms with van der Waals surface area (Å²) in [4.78, 5) is 24.6. The predicted molar refractivity (Wildman–Crippen MR) is 75.1 cm³/mol. The summed E-state index contributed by atoms with van der Waals surface area (Å²) in [6.07, 6.45) is 5.66. The Kier molecular flexibility index (Phi) is 3.63. The van der Waals surface area contributed by atoms with Crippen LogP contribution < -0.4 is 4.90 Å². The van der Waals surface area contributed by atoms with Crippen molar-refractivity contribution >= 4 is 33.5 Å². The van der Waals surface area contributed by atoms with Crippen molar-refractivity contribution in [1.82, 2.24) is 0 Å². The molecular weight excluding hydrogens is 310 g/mol. The molecule has 1 aromatic carbocycles. The minimum atomic E-state index is -1.03. The van der Waals surface area contributed by atoms with Gasteiger partial charge >= 0.3 is 5.97 Å². The molecule has 5 heteroatoms. The summed E-state index contributed by atoms with van der Waals surface area (Å²) in [5.74, 6) is 1.37. The van der Waals surface area contributed by atoms with Gasteiger partial charge in [-0.05, 0) is 40.5 Å². The fraction of sp³-hybridized carbons (Fsp3) is 0.286. The van der Waals surface area contributed by atoms with Gasteiger partial charge in [-0.2, -0.15) is 0 Å². The molecule has 1 aliphatic heterocycles. The van der Waals surface area contributed by atoms with E-state index >= 15 is 0 Å². The van der Waals surface area contributed by atoms with Gasteiger partial charge in [0.2, 0.25) is 5.91 Å². The predicted octanol–water partition coefficient (Wildman–Crippen LogP) is 2.44. The van der Waals surface area contributed by atoms with Crippen molar-refractivity contribution in [3.63, 3.8) is 0 Å². The number of carbonyl (C=O) groups excluding carboxylic acids is 1. The Morgan fingerprint density at radius 1 is 1.58 bits per heavy atom. The van der Waals surface area contributed by atoms with Gasteiger partial charge in [-0.3, -0.25) is 4.79 Å². The molecule has 0 spiro atoms. The Morgan fingerprint density at radius 3 is 2.79 bits per heavy atom. The first-order chi connectivity index (χ1) is 8.93. The number of nitrogens with zero attached hydrogens (tertiary/aromatic N) is 1. The zero-order chi connectivity index (χ0) is 14.2. The number of aromatic carboxylic acids is 1. The van der Waals surface area contributed by atoms with Gasteiger partial charge in [-0.15, -0.1) is 12.3 Å². The van der Waals surface area contributed by atoms with Crippen molar-refractivity contribution < 1.29 is 14.7 Å². The van der Waals surface area contributed by atoms with Crippen LogP contribution in [0, 0.1) is 25.2 Å². The summed E-state index contributed by atoms with van der Waals surface area (Å²) < 4.78 is 0.501. The van der Waals surface area contributed by atoms with Gasteiger partial charge in [0.05, 0.1) is 5.56 Å². The number of carboxylic acid groups (broad SMARTS) is 1. The fourth-order valence-electron chi connectivity index (χ4n) is 2.17. The molecule has 1 unspecified atom stereocenters. The molecule has 0 bridgehead atoms. The SMILES string of the molecule is C#CC1CC(=O)N(c2cc(C(=O)O)c(Br)cc2C)C1. The van der Waals surface area contributed by atoms with Crippen molar-refractivity contribution in [1.29, 1.82) is 0 Å². The molecule has 0 aliphatic carbocycles. The second-order valence-corrected chi connectivity index (χ2v) is 5.35. The van der Waals surface area contributed by atoms with Gasteiger partial charge in [0.15, 0.2) is 0 Å². The molecule has 19 heavy (non-hydrogen) atoms. The minimum absolute atomic E-state index is 0.0651. The number of carboxylic acids is 1. The number of benzene rings is 1. The molecule has 1 aliphatic rings. The molecule has 0 aromatic heterocycles. The number of terminal acetylenes is 1. The molecule has 0 radical (unpaired) electrons. The standard InChI is InChI=1S/C14H12BrNO3/c1-3-9-5-13(17)16(7-9)12-6-10(14(18)19)11(15)4-8(12)2/h1,4,6,9H,5,7H2,2H3,(H,18,19). The smallest absolute Gasteiger partial charge is 0.336 e. The molecule has 0 saturated carbocycles. The summed E-state index contributed by atoms with van der Waals surface area (Å²) in [5, 5.41) is 9.12. The Bertz CT molecular complexity index is 603. The molecule has 98 valence electrons. The molecule has 1 N–H and O–H groups in total. The molecular formula is C14H12BrNO3. The van der Waals surface area contributed by atoms with Crippen LogP contribution in [-0.4, -0.2) is 23.5 Å². The first-order valence-corrected chi connectivity index (χ1v) is 6.53. The highest BCUT2D eigenvalue weighted by atomic mass is 79.9. The summed E-state index contributed by atoms with van der Waals surface area (Å²) in [6, 6.07) is 3.22. The van der Waals surface area contributed by atoms with Crippen LogP contribution in [0.5, 0.6) is 0 Å². The molecule has 1 fully saturated rings. The molecule has 2 rings (SSSR count). The van der Waals surface area contributed by atoms with Gasteiger partial charge in [0.1, 0.15) is 0 Å². The van der Waals surface area contributed by atoms with E-state index < -0.39 is 5.97 Å². The summed E-state index contributed by atoms with van der Waals surface area (Å²) in [5.41, 5.74) is 1.59. The van der Waals surface area contributed by atoms with Gasteiger partial charge in [-0.1, -0.05) is 0 Å². The average Bonchev–Trinajstić information content (AvgIpc) is 2.70. The van der Waals surface area contributed by atoms with Gasteiger partial charge in [0.25, 0.3) is 0 Å². The van der Waals surface area contributed by atoms with Crippen LogP contribution in [0.2, 0.25) is 0 Å². The van der Waals surface area contributed by atoms with Crippen LogP contribution in [0.4, 0.5) is 5.69 Å². The second-order valence-electron chi connectivity index (χ2n) is 4.50. The normalized spacial score (nSPS) is 18.5. The number of rotatable bonds is 2. The van der Waals surface area contributed by atoms with E-state index in [0.717, 1.165) is 5.56 Å². The van der Waals surface area contributed by atoms with E-state index in [1.165, 1.54) is 6.07 Å². The van der Waals surface area contributed by atoms with Crippen LogP contribution in [-0.2, 0) is 4.79 Å². The minimum Gasteiger partial charge on any atom is -0.478 e. The van der Waals surface area contributed by atoms with E-state index in [9.17, 15) is 9.59 Å². The Labute approximate surface area is 119 Å². The van der Waals surface area contributed by atoms with Crippen LogP contribution >= 0.6 is 15.9 Å². The Hall–Kier alpha value is -1.80. The number of carbonyl (C=O) groups is 2. The zero-order valence-corrected chi connectivity index (χ0v) is 11.9. The van der Waals surface area contributed by atoms with E-state index in [1.54, 1.807) is 11.0 Å². The lowest BCUT2D eigenvalue weighted by Crippen LogP contribution is -2.25. The third kappa shape index (κ3) is 2.49. The first-order valence-electron chi connectivity index (χ1n) is 5.74. The number of hydrogen-bond donors (Lipinski definition) is 1. The molecule has 1 heterocycles. The Balaban J connectivity index is 2.46. The molecule has 4 nitrogen and oxygen atoms in total. The average molecular weight is 322 g/mol. The van der Waals surface area contributed by atoms with E-state index in [-0.39, 0.29) is 17.4 Å². The maximum atomic E-state index is 11.9. The lowest BCUT2D eigenvalue weighted by atomic mass is 10.1. The molecule has 1 saturated heterocycles. The van der Waals surface area contributed by atoms with E-state index in [1.807, 2.05) is 6.92 Å². The van der Waals surface area contributed by atoms with Gasteiger partial charge in [0, 0.05) is 29.0 Å². The molecule has 1 amide bonds. The highest BCUT2D eigenvalue weighted by molar-refractivity contribution is 9.10. The number of hydrogen-bond acceptors (Lipinski definition) is 2. The summed E-state index contributed by atoms with van der Waals surface area (Å²) in [6.45, 7) is 2.28. The number of aryl methyl sites for hydroxylation is 1. The highest BCUT2D eigenvalue weighted by Gasteiger charge is 2.30. The van der Waals surface area contributed by atoms with Gasteiger partial charge in [-0.25, -0.2) is 4.79 Å². The maximum Gasteiger partial charge on any atom is 0.336 e. The number of halogens is 1. The van der Waals surface area contributed by atoms with E-state index in [0.29, 0.717) is 23.1 Å². The van der Waals surface area contributed by atoms with Crippen molar-refractivity contribution in [2.24, 2.45) is 5.92 Å². The number of anilines is 1. The van der Waals surface area contributed by atoms with E-state index in [4.69, 9.17) is 11.5 Å². The summed E-state index contributed by atoms with van der Waals surface area (Å²) >= 11 is 3.21. The Morgan fingerprint density at radius 2 is 2.26 bits per heavy atom. The van der Waals surface area contributed by atoms with Crippen LogP contribution in [0.25, 0.3) is 0 Å². The van der Waals surface area contributed by atoms with Gasteiger partial charge < -0.3 is 10.0 Å². The van der Waals surface area contributed by atoms with Crippen molar-refractivity contribution in [3.05, 3.63) is 27.7 Å². The van der Waals surface area contributed by atoms with Crippen molar-refractivity contribution in [2.75, 3.05) is 11.4 Å². The lowest BCUT2D eigenvalue weighted by molar-refractivity contribution is -0.117. The second kappa shape index (κ2) is 5.06. The topological polar surface area (TPSA) is 57.6 Å². The summed E-state index contributed by atoms with van der Waals surface area (Å²) in [7, 11) is 0. The van der Waals surface area contributed by atoms with Crippen LogP contribution in [0.15, 0.2) is 16.6 Å². The third-order valence-corrected chi connectivity index (χ3v) is 3.82. The van der Waals surface area contributed by atoms with Crippen molar-refractivity contribution in [2.45, 2.75) is 13.3 Å². The highest BCUT2D eigenvalue weighted by Crippen LogP contribution is 2.32. The molecule has 1 aromatic rings. The lowest BCUT2D eigenvalue weighted by Gasteiger charge is -2.19. The van der Waals surface area contributed by atoms with Crippen LogP contribution in [0.3, 0.4) is 0 Å². The van der Waals surface area contributed by atoms with E-state index in [2.05, 4.69) is 21.9 Å². The molecule has 1 atom stereocenters. The third-order valence-electron chi connectivity index (χ3n) is 3.17. The van der Waals surface area contributed by atoms with Crippen molar-refractivity contribution in [3.8, 4) is 12.3 Å². The first kappa shape index (κ1) is 13.6. The quantitative estimate of drug-likeness (QED) is 0.851. The zero-order valence-electron chi connectivity index (χ0n) is 10.3. The van der Waals surface area contributed by atoms with Crippen LogP contribution in [0.1, 0.15) is 22.3 Å². The monoisotopic (exact) mass is 321 g/mol.